The molecule has 3 aromatic carbocycles. The monoisotopic (exact) mass is 532 g/mol. The van der Waals surface area contributed by atoms with E-state index in [1.165, 1.54) is 25.7 Å². The van der Waals surface area contributed by atoms with Crippen LogP contribution in [0.2, 0.25) is 0 Å². The number of carbonyl (C=O) groups is 2. The lowest BCUT2D eigenvalue weighted by atomic mass is 10.0. The van der Waals surface area contributed by atoms with Crippen LogP contribution in [0.4, 0.5) is 0 Å². The molecule has 0 heterocycles. The fourth-order valence-corrected chi connectivity index (χ4v) is 3.98. The summed E-state index contributed by atoms with van der Waals surface area (Å²) in [5.74, 6) is 0.637. The average Bonchev–Trinajstić information content (AvgIpc) is 2.95. The van der Waals surface area contributed by atoms with E-state index in [-0.39, 0.29) is 6.10 Å². The van der Waals surface area contributed by atoms with Crippen LogP contribution in [0.5, 0.6) is 17.2 Å². The SMILES string of the molecule is CCCCCCC(C)Oc1ccc(-c2ccc(C(=O)Oc3ccc(OC(=O)[C@H](C)OCCC)cc3)cc2)cc1. The lowest BCUT2D eigenvalue weighted by molar-refractivity contribution is -0.146. The second kappa shape index (κ2) is 15.7. The van der Waals surface area contributed by atoms with Crippen molar-refractivity contribution in [1.29, 1.82) is 0 Å². The number of unbranched alkanes of at least 4 members (excludes halogenated alkanes) is 3. The van der Waals surface area contributed by atoms with Crippen molar-refractivity contribution in [3.8, 4) is 28.4 Å². The van der Waals surface area contributed by atoms with Gasteiger partial charge in [0.15, 0.2) is 6.10 Å². The van der Waals surface area contributed by atoms with Gasteiger partial charge in [-0.15, -0.1) is 0 Å². The Bertz CT molecular complexity index is 1150. The molecule has 39 heavy (non-hydrogen) atoms. The molecule has 3 rings (SSSR count). The van der Waals surface area contributed by atoms with Gasteiger partial charge in [-0.2, -0.15) is 0 Å². The highest BCUT2D eigenvalue weighted by Gasteiger charge is 2.16. The van der Waals surface area contributed by atoms with Gasteiger partial charge in [0.2, 0.25) is 0 Å². The van der Waals surface area contributed by atoms with Crippen molar-refractivity contribution in [2.75, 3.05) is 6.61 Å². The van der Waals surface area contributed by atoms with Crippen molar-refractivity contribution in [3.63, 3.8) is 0 Å². The van der Waals surface area contributed by atoms with E-state index in [1.54, 1.807) is 43.3 Å². The third-order valence-electron chi connectivity index (χ3n) is 6.27. The average molecular weight is 533 g/mol. The maximum atomic E-state index is 12.6. The number of benzene rings is 3. The molecule has 0 amide bonds. The molecule has 0 saturated carbocycles. The molecule has 0 aliphatic rings. The van der Waals surface area contributed by atoms with E-state index in [0.29, 0.717) is 23.7 Å². The Balaban J connectivity index is 1.50. The smallest absolute Gasteiger partial charge is 0.343 e. The summed E-state index contributed by atoms with van der Waals surface area (Å²) in [4.78, 5) is 24.7. The second-order valence-electron chi connectivity index (χ2n) is 9.67. The number of hydrogen-bond donors (Lipinski definition) is 0. The van der Waals surface area contributed by atoms with Gasteiger partial charge < -0.3 is 18.9 Å². The summed E-state index contributed by atoms with van der Waals surface area (Å²) in [6.07, 6.45) is 6.39. The van der Waals surface area contributed by atoms with Crippen LogP contribution in [0.3, 0.4) is 0 Å². The predicted molar refractivity (Wildman–Crippen MR) is 153 cm³/mol. The van der Waals surface area contributed by atoms with Gasteiger partial charge in [-0.3, -0.25) is 0 Å². The summed E-state index contributed by atoms with van der Waals surface area (Å²) >= 11 is 0. The normalized spacial score (nSPS) is 12.4. The van der Waals surface area contributed by atoms with Crippen LogP contribution < -0.4 is 14.2 Å². The molecule has 208 valence electrons. The molecule has 0 spiro atoms. The van der Waals surface area contributed by atoms with Crippen molar-refractivity contribution >= 4 is 11.9 Å². The van der Waals surface area contributed by atoms with Crippen molar-refractivity contribution in [2.24, 2.45) is 0 Å². The lowest BCUT2D eigenvalue weighted by Crippen LogP contribution is -2.26. The van der Waals surface area contributed by atoms with E-state index in [1.807, 2.05) is 43.3 Å². The lowest BCUT2D eigenvalue weighted by Gasteiger charge is -2.15. The summed E-state index contributed by atoms with van der Waals surface area (Å²) in [6, 6.07) is 21.6. The van der Waals surface area contributed by atoms with Crippen LogP contribution in [-0.4, -0.2) is 30.8 Å². The molecule has 0 fully saturated rings. The van der Waals surface area contributed by atoms with Gasteiger partial charge in [-0.05, 0) is 92.8 Å². The molecule has 3 aromatic rings. The molecule has 6 heteroatoms. The third-order valence-corrected chi connectivity index (χ3v) is 6.27. The van der Waals surface area contributed by atoms with Crippen LogP contribution in [-0.2, 0) is 9.53 Å². The maximum Gasteiger partial charge on any atom is 0.343 e. The largest absolute Gasteiger partial charge is 0.491 e. The Hall–Kier alpha value is -3.64. The first-order valence-electron chi connectivity index (χ1n) is 13.9. The highest BCUT2D eigenvalue weighted by Crippen LogP contribution is 2.25. The fourth-order valence-electron chi connectivity index (χ4n) is 3.98. The van der Waals surface area contributed by atoms with E-state index < -0.39 is 18.0 Å². The minimum Gasteiger partial charge on any atom is -0.491 e. The number of esters is 2. The summed E-state index contributed by atoms with van der Waals surface area (Å²) in [5.41, 5.74) is 2.47. The number of ether oxygens (including phenoxy) is 4. The van der Waals surface area contributed by atoms with Gasteiger partial charge in [0.25, 0.3) is 0 Å². The van der Waals surface area contributed by atoms with Crippen LogP contribution in [0, 0.1) is 0 Å². The predicted octanol–water partition coefficient (Wildman–Crippen LogP) is 8.03. The standard InChI is InChI=1S/C33H40O6/c1-5-7-8-9-10-24(3)37-29-17-15-27(16-18-29)26-11-13-28(14-12-26)33(35)39-31-21-19-30(20-22-31)38-32(34)25(4)36-23-6-2/h11-22,24-25H,5-10,23H2,1-4H3/t24?,25-/m0/s1. The van der Waals surface area contributed by atoms with Gasteiger partial charge >= 0.3 is 11.9 Å². The molecule has 0 aliphatic heterocycles. The van der Waals surface area contributed by atoms with E-state index in [9.17, 15) is 9.59 Å². The van der Waals surface area contributed by atoms with Gasteiger partial charge in [-0.1, -0.05) is 57.4 Å². The fraction of sp³-hybridized carbons (Fsp3) is 0.394. The summed E-state index contributed by atoms with van der Waals surface area (Å²) in [5, 5.41) is 0. The van der Waals surface area contributed by atoms with Crippen LogP contribution in [0.1, 0.15) is 76.6 Å². The van der Waals surface area contributed by atoms with E-state index in [2.05, 4.69) is 13.8 Å². The zero-order valence-corrected chi connectivity index (χ0v) is 23.5. The number of hydrogen-bond acceptors (Lipinski definition) is 6. The highest BCUT2D eigenvalue weighted by molar-refractivity contribution is 5.91. The van der Waals surface area contributed by atoms with E-state index in [4.69, 9.17) is 18.9 Å². The van der Waals surface area contributed by atoms with E-state index >= 15 is 0 Å². The molecule has 1 unspecified atom stereocenters. The first kappa shape index (κ1) is 29.9. The molecule has 0 saturated heterocycles. The highest BCUT2D eigenvalue weighted by atomic mass is 16.6. The van der Waals surface area contributed by atoms with Crippen molar-refractivity contribution in [1.82, 2.24) is 0 Å². The van der Waals surface area contributed by atoms with E-state index in [0.717, 1.165) is 29.7 Å². The Morgan fingerprint density at radius 1 is 0.667 bits per heavy atom. The van der Waals surface area contributed by atoms with Gasteiger partial charge in [0, 0.05) is 6.61 Å². The second-order valence-corrected chi connectivity index (χ2v) is 9.67. The summed E-state index contributed by atoms with van der Waals surface area (Å²) in [6.45, 7) is 8.45. The molecule has 2 atom stereocenters. The minimum absolute atomic E-state index is 0.193. The van der Waals surface area contributed by atoms with Crippen LogP contribution in [0.15, 0.2) is 72.8 Å². The first-order chi connectivity index (χ1) is 18.9. The molecule has 0 aliphatic carbocycles. The Morgan fingerprint density at radius 3 is 1.82 bits per heavy atom. The molecular formula is C33H40O6. The van der Waals surface area contributed by atoms with Gasteiger partial charge in [0.05, 0.1) is 11.7 Å². The molecule has 0 radical (unpaired) electrons. The Kier molecular flexibility index (Phi) is 12.0. The van der Waals surface area contributed by atoms with Crippen LogP contribution >= 0.6 is 0 Å². The molecular weight excluding hydrogens is 492 g/mol. The summed E-state index contributed by atoms with van der Waals surface area (Å²) in [7, 11) is 0. The van der Waals surface area contributed by atoms with Gasteiger partial charge in [0.1, 0.15) is 17.2 Å². The quantitative estimate of drug-likeness (QED) is 0.112. The number of carbonyl (C=O) groups excluding carboxylic acids is 2. The zero-order chi connectivity index (χ0) is 28.0. The Morgan fingerprint density at radius 2 is 1.23 bits per heavy atom. The minimum atomic E-state index is -0.648. The summed E-state index contributed by atoms with van der Waals surface area (Å²) < 4.78 is 22.2. The van der Waals surface area contributed by atoms with Crippen LogP contribution in [0.25, 0.3) is 11.1 Å². The molecule has 0 aromatic heterocycles. The third kappa shape index (κ3) is 9.88. The van der Waals surface area contributed by atoms with Crippen molar-refractivity contribution in [2.45, 2.75) is 78.4 Å². The zero-order valence-electron chi connectivity index (χ0n) is 23.5. The Labute approximate surface area is 232 Å². The molecule has 6 nitrogen and oxygen atoms in total. The first-order valence-corrected chi connectivity index (χ1v) is 13.9. The van der Waals surface area contributed by atoms with Gasteiger partial charge in [-0.25, -0.2) is 9.59 Å². The molecule has 0 bridgehead atoms. The van der Waals surface area contributed by atoms with Crippen molar-refractivity contribution in [3.05, 3.63) is 78.4 Å². The number of rotatable bonds is 15. The molecule has 0 N–H and O–H groups in total. The topological polar surface area (TPSA) is 71.1 Å². The maximum absolute atomic E-state index is 12.6. The van der Waals surface area contributed by atoms with Crippen molar-refractivity contribution < 1.29 is 28.5 Å².